The average Bonchev–Trinajstić information content (AvgIpc) is 3.48. The quantitative estimate of drug-likeness (QED) is 0.697. The van der Waals surface area contributed by atoms with Crippen LogP contribution in [0.5, 0.6) is 0 Å². The van der Waals surface area contributed by atoms with E-state index in [0.29, 0.717) is 37.5 Å². The van der Waals surface area contributed by atoms with E-state index in [2.05, 4.69) is 5.32 Å². The lowest BCUT2D eigenvalue weighted by Gasteiger charge is -2.34. The molecule has 1 heterocycles. The van der Waals surface area contributed by atoms with E-state index in [4.69, 9.17) is 4.74 Å². The summed E-state index contributed by atoms with van der Waals surface area (Å²) >= 11 is 0. The molecule has 2 unspecified atom stereocenters. The number of nitrogens with one attached hydrogen (secondary N) is 1. The topological polar surface area (TPSA) is 92.8 Å². The highest BCUT2D eigenvalue weighted by atomic mass is 32.2. The number of hydrogen-bond acceptors (Lipinski definition) is 5. The number of benzene rings is 1. The third-order valence-corrected chi connectivity index (χ3v) is 6.97. The second-order valence-electron chi connectivity index (χ2n) is 8.10. The van der Waals surface area contributed by atoms with Crippen LogP contribution in [0.25, 0.3) is 0 Å². The van der Waals surface area contributed by atoms with Crippen molar-refractivity contribution >= 4 is 21.9 Å². The first kappa shape index (κ1) is 20.8. The monoisotopic (exact) mass is 408 g/mol. The minimum absolute atomic E-state index is 0.0951. The van der Waals surface area contributed by atoms with Crippen molar-refractivity contribution in [3.05, 3.63) is 29.8 Å². The van der Waals surface area contributed by atoms with Gasteiger partial charge in [0.15, 0.2) is 0 Å². The van der Waals surface area contributed by atoms with Crippen LogP contribution in [0.15, 0.2) is 29.2 Å². The third kappa shape index (κ3) is 5.32. The van der Waals surface area contributed by atoms with E-state index < -0.39 is 21.9 Å². The van der Waals surface area contributed by atoms with Crippen LogP contribution in [0, 0.1) is 17.8 Å². The SMILES string of the molecule is CC1CC(C)CN(S(=O)(=O)c2cccc(C(=O)NCC(=O)OCC3CC3)c2)C1. The van der Waals surface area contributed by atoms with Crippen LogP contribution < -0.4 is 5.32 Å². The molecule has 0 radical (unpaired) electrons. The van der Waals surface area contributed by atoms with Gasteiger partial charge in [-0.3, -0.25) is 9.59 Å². The Morgan fingerprint density at radius 3 is 2.50 bits per heavy atom. The summed E-state index contributed by atoms with van der Waals surface area (Å²) in [6.07, 6.45) is 3.16. The van der Waals surface area contributed by atoms with Gasteiger partial charge >= 0.3 is 5.97 Å². The van der Waals surface area contributed by atoms with Gasteiger partial charge in [0.25, 0.3) is 5.91 Å². The normalized spacial score (nSPS) is 23.2. The largest absolute Gasteiger partial charge is 0.464 e. The lowest BCUT2D eigenvalue weighted by molar-refractivity contribution is -0.142. The Morgan fingerprint density at radius 1 is 1.18 bits per heavy atom. The number of nitrogens with zero attached hydrogens (tertiary/aromatic N) is 1. The molecule has 1 aliphatic carbocycles. The van der Waals surface area contributed by atoms with E-state index in [1.165, 1.54) is 22.5 Å². The molecule has 0 aromatic heterocycles. The first-order chi connectivity index (χ1) is 13.3. The van der Waals surface area contributed by atoms with Gasteiger partial charge in [-0.05, 0) is 55.2 Å². The Bertz CT molecular complexity index is 825. The molecule has 2 atom stereocenters. The van der Waals surface area contributed by atoms with E-state index >= 15 is 0 Å². The number of amides is 1. The number of ether oxygens (including phenoxy) is 1. The average molecular weight is 409 g/mol. The molecule has 28 heavy (non-hydrogen) atoms. The van der Waals surface area contributed by atoms with Gasteiger partial charge in [0, 0.05) is 18.7 Å². The number of carbonyl (C=O) groups excluding carboxylic acids is 2. The Labute approximate surface area is 166 Å². The van der Waals surface area contributed by atoms with Crippen molar-refractivity contribution in [2.24, 2.45) is 17.8 Å². The minimum atomic E-state index is -3.66. The minimum Gasteiger partial charge on any atom is -0.464 e. The van der Waals surface area contributed by atoms with Crippen LogP contribution in [0.1, 0.15) is 43.5 Å². The molecule has 8 heteroatoms. The molecule has 154 valence electrons. The van der Waals surface area contributed by atoms with Crippen LogP contribution in [-0.2, 0) is 19.6 Å². The van der Waals surface area contributed by atoms with Crippen LogP contribution in [0.2, 0.25) is 0 Å². The predicted molar refractivity (Wildman–Crippen MR) is 104 cm³/mol. The molecular formula is C20H28N2O5S. The third-order valence-electron chi connectivity index (χ3n) is 5.14. The maximum Gasteiger partial charge on any atom is 0.325 e. The molecule has 2 fully saturated rings. The van der Waals surface area contributed by atoms with Crippen molar-refractivity contribution in [2.45, 2.75) is 38.0 Å². The lowest BCUT2D eigenvalue weighted by Crippen LogP contribution is -2.42. The van der Waals surface area contributed by atoms with Gasteiger partial charge in [0.05, 0.1) is 11.5 Å². The molecule has 0 bridgehead atoms. The molecule has 1 saturated heterocycles. The van der Waals surface area contributed by atoms with Crippen molar-refractivity contribution < 1.29 is 22.7 Å². The summed E-state index contributed by atoms with van der Waals surface area (Å²) in [4.78, 5) is 24.1. The van der Waals surface area contributed by atoms with Crippen molar-refractivity contribution in [1.82, 2.24) is 9.62 Å². The summed E-state index contributed by atoms with van der Waals surface area (Å²) in [6, 6.07) is 5.94. The lowest BCUT2D eigenvalue weighted by atomic mass is 9.94. The van der Waals surface area contributed by atoms with Gasteiger partial charge < -0.3 is 10.1 Å². The first-order valence-corrected chi connectivity index (χ1v) is 11.2. The maximum atomic E-state index is 13.0. The highest BCUT2D eigenvalue weighted by molar-refractivity contribution is 7.89. The fraction of sp³-hybridized carbons (Fsp3) is 0.600. The van der Waals surface area contributed by atoms with Gasteiger partial charge in [-0.15, -0.1) is 0 Å². The fourth-order valence-corrected chi connectivity index (χ4v) is 5.28. The second-order valence-corrected chi connectivity index (χ2v) is 10.0. The van der Waals surface area contributed by atoms with E-state index in [9.17, 15) is 18.0 Å². The van der Waals surface area contributed by atoms with Gasteiger partial charge in [-0.1, -0.05) is 19.9 Å². The number of esters is 1. The number of rotatable bonds is 7. The van der Waals surface area contributed by atoms with Crippen LogP contribution in [-0.4, -0.2) is 50.8 Å². The van der Waals surface area contributed by atoms with Gasteiger partial charge in [-0.25, -0.2) is 8.42 Å². The number of carbonyl (C=O) groups is 2. The van der Waals surface area contributed by atoms with E-state index in [1.807, 2.05) is 13.8 Å². The van der Waals surface area contributed by atoms with E-state index in [-0.39, 0.29) is 17.0 Å². The Morgan fingerprint density at radius 2 is 1.86 bits per heavy atom. The molecular weight excluding hydrogens is 380 g/mol. The Balaban J connectivity index is 1.63. The molecule has 2 aliphatic rings. The predicted octanol–water partition coefficient (Wildman–Crippen LogP) is 2.04. The second kappa shape index (κ2) is 8.61. The van der Waals surface area contributed by atoms with E-state index in [0.717, 1.165) is 19.3 Å². The Kier molecular flexibility index (Phi) is 6.40. The molecule has 1 aliphatic heterocycles. The van der Waals surface area contributed by atoms with Crippen molar-refractivity contribution in [1.29, 1.82) is 0 Å². The summed E-state index contributed by atoms with van der Waals surface area (Å²) in [5.74, 6) is 0.0706. The van der Waals surface area contributed by atoms with Crippen molar-refractivity contribution in [3.63, 3.8) is 0 Å². The molecule has 7 nitrogen and oxygen atoms in total. The Hall–Kier alpha value is -1.93. The number of piperidine rings is 1. The highest BCUT2D eigenvalue weighted by Gasteiger charge is 2.32. The summed E-state index contributed by atoms with van der Waals surface area (Å²) in [5, 5.41) is 2.49. The molecule has 1 N–H and O–H groups in total. The standard InChI is InChI=1S/C20H28N2O5S/c1-14-8-15(2)12-22(11-14)28(25,26)18-5-3-4-17(9-18)20(24)21-10-19(23)27-13-16-6-7-16/h3-5,9,14-16H,6-8,10-13H2,1-2H3,(H,21,24). The summed E-state index contributed by atoms with van der Waals surface area (Å²) in [6.45, 7) is 5.22. The van der Waals surface area contributed by atoms with Gasteiger partial charge in [0.1, 0.15) is 6.54 Å². The zero-order valence-electron chi connectivity index (χ0n) is 16.4. The van der Waals surface area contributed by atoms with Crippen molar-refractivity contribution in [3.8, 4) is 0 Å². The van der Waals surface area contributed by atoms with Gasteiger partial charge in [0.2, 0.25) is 10.0 Å². The van der Waals surface area contributed by atoms with Crippen molar-refractivity contribution in [2.75, 3.05) is 26.2 Å². The van der Waals surface area contributed by atoms with E-state index in [1.54, 1.807) is 6.07 Å². The summed E-state index contributed by atoms with van der Waals surface area (Å²) in [7, 11) is -3.66. The number of sulfonamides is 1. The fourth-order valence-electron chi connectivity index (χ4n) is 3.55. The molecule has 1 aromatic rings. The summed E-state index contributed by atoms with van der Waals surface area (Å²) < 4.78 is 32.6. The first-order valence-electron chi connectivity index (χ1n) is 9.79. The van der Waals surface area contributed by atoms with Gasteiger partial charge in [-0.2, -0.15) is 4.31 Å². The molecule has 3 rings (SSSR count). The van der Waals surface area contributed by atoms with Crippen LogP contribution in [0.3, 0.4) is 0 Å². The molecule has 0 spiro atoms. The molecule has 1 saturated carbocycles. The van der Waals surface area contributed by atoms with Crippen LogP contribution >= 0.6 is 0 Å². The zero-order valence-corrected chi connectivity index (χ0v) is 17.2. The molecule has 1 amide bonds. The maximum absolute atomic E-state index is 13.0. The highest BCUT2D eigenvalue weighted by Crippen LogP contribution is 2.29. The summed E-state index contributed by atoms with van der Waals surface area (Å²) in [5.41, 5.74) is 0.203. The molecule has 1 aromatic carbocycles. The zero-order chi connectivity index (χ0) is 20.3. The smallest absolute Gasteiger partial charge is 0.325 e. The number of hydrogen-bond donors (Lipinski definition) is 1. The van der Waals surface area contributed by atoms with Crippen LogP contribution in [0.4, 0.5) is 0 Å².